The largest absolute Gasteiger partial charge is 0.493 e. The summed E-state index contributed by atoms with van der Waals surface area (Å²) in [5, 5.41) is 3.45. The fourth-order valence-electron chi connectivity index (χ4n) is 2.95. The molecule has 5 heteroatoms. The van der Waals surface area contributed by atoms with Gasteiger partial charge in [-0.15, -0.1) is 0 Å². The zero-order valence-corrected chi connectivity index (χ0v) is 17.6. The summed E-state index contributed by atoms with van der Waals surface area (Å²) in [7, 11) is 1.65. The molecule has 3 aromatic rings. The van der Waals surface area contributed by atoms with Gasteiger partial charge in [0.1, 0.15) is 19.7 Å². The lowest BCUT2D eigenvalue weighted by molar-refractivity contribution is -0.686. The van der Waals surface area contributed by atoms with E-state index in [1.807, 2.05) is 24.3 Å². The van der Waals surface area contributed by atoms with E-state index in [1.54, 1.807) is 13.2 Å². The van der Waals surface area contributed by atoms with Gasteiger partial charge in [0, 0.05) is 21.2 Å². The van der Waals surface area contributed by atoms with Gasteiger partial charge in [0.2, 0.25) is 0 Å². The van der Waals surface area contributed by atoms with Crippen molar-refractivity contribution in [1.29, 1.82) is 0 Å². The van der Waals surface area contributed by atoms with E-state index in [2.05, 4.69) is 42.6 Å². The summed E-state index contributed by atoms with van der Waals surface area (Å²) in [5.41, 5.74) is 4.53. The van der Waals surface area contributed by atoms with Crippen LogP contribution in [0.5, 0.6) is 11.5 Å². The average Bonchev–Trinajstić information content (AvgIpc) is 2.69. The van der Waals surface area contributed by atoms with E-state index in [-0.39, 0.29) is 0 Å². The number of hydrogen-bond donors (Lipinski definition) is 1. The maximum absolute atomic E-state index is 6.27. The van der Waals surface area contributed by atoms with E-state index in [1.165, 1.54) is 11.1 Å². The Balaban J connectivity index is 1.69. The highest BCUT2D eigenvalue weighted by Gasteiger charge is 2.13. The average molecular weight is 417 g/mol. The lowest BCUT2D eigenvalue weighted by Gasteiger charge is -2.15. The minimum Gasteiger partial charge on any atom is -0.493 e. The Morgan fingerprint density at radius 1 is 0.893 bits per heavy atom. The van der Waals surface area contributed by atoms with Crippen LogP contribution in [0.3, 0.4) is 0 Å². The Labute approximate surface area is 176 Å². The van der Waals surface area contributed by atoms with Crippen molar-refractivity contribution in [2.24, 2.45) is 0 Å². The Bertz CT molecular complexity index is 926. The van der Waals surface area contributed by atoms with Crippen molar-refractivity contribution < 1.29 is 14.8 Å². The molecule has 0 aromatic heterocycles. The van der Waals surface area contributed by atoms with Crippen molar-refractivity contribution >= 4 is 23.2 Å². The third-order valence-electron chi connectivity index (χ3n) is 4.53. The van der Waals surface area contributed by atoms with Gasteiger partial charge in [-0.2, -0.15) is 0 Å². The van der Waals surface area contributed by atoms with Gasteiger partial charge in [0.25, 0.3) is 0 Å². The van der Waals surface area contributed by atoms with Gasteiger partial charge in [0.05, 0.1) is 12.7 Å². The van der Waals surface area contributed by atoms with E-state index < -0.39 is 0 Å². The topological polar surface area (TPSA) is 35.1 Å². The number of methoxy groups -OCH3 is 1. The van der Waals surface area contributed by atoms with Gasteiger partial charge in [-0.1, -0.05) is 65.2 Å². The first-order chi connectivity index (χ1) is 13.6. The molecule has 0 heterocycles. The minimum absolute atomic E-state index is 0.349. The molecule has 3 nitrogen and oxygen atoms in total. The number of hydrogen-bond acceptors (Lipinski definition) is 2. The SMILES string of the molecule is COc1cccc(C[NH2+]Cc2ccc(C)cc2)c1OCc1ccc(Cl)cc1Cl. The number of rotatable bonds is 8. The monoisotopic (exact) mass is 416 g/mol. The molecule has 0 bridgehead atoms. The first-order valence-corrected chi connectivity index (χ1v) is 9.92. The third-order valence-corrected chi connectivity index (χ3v) is 5.12. The van der Waals surface area contributed by atoms with Crippen LogP contribution in [0.25, 0.3) is 0 Å². The van der Waals surface area contributed by atoms with E-state index in [0.29, 0.717) is 22.4 Å². The molecule has 0 aliphatic rings. The van der Waals surface area contributed by atoms with Gasteiger partial charge < -0.3 is 14.8 Å². The van der Waals surface area contributed by atoms with Crippen molar-refractivity contribution in [3.8, 4) is 11.5 Å². The highest BCUT2D eigenvalue weighted by atomic mass is 35.5. The first-order valence-electron chi connectivity index (χ1n) is 9.16. The van der Waals surface area contributed by atoms with Gasteiger partial charge in [-0.3, -0.25) is 0 Å². The molecule has 0 aliphatic heterocycles. The van der Waals surface area contributed by atoms with Crippen LogP contribution in [-0.2, 0) is 19.7 Å². The molecule has 0 unspecified atom stereocenters. The first kappa shape index (κ1) is 20.5. The third kappa shape index (κ3) is 5.41. The van der Waals surface area contributed by atoms with Crippen LogP contribution < -0.4 is 14.8 Å². The van der Waals surface area contributed by atoms with Gasteiger partial charge in [-0.25, -0.2) is 0 Å². The van der Waals surface area contributed by atoms with Crippen LogP contribution in [0.1, 0.15) is 22.3 Å². The van der Waals surface area contributed by atoms with Crippen LogP contribution in [0.2, 0.25) is 10.0 Å². The zero-order chi connectivity index (χ0) is 19.9. The molecule has 0 saturated carbocycles. The number of benzene rings is 3. The minimum atomic E-state index is 0.349. The molecular formula is C23H24Cl2NO2+. The van der Waals surface area contributed by atoms with E-state index in [9.17, 15) is 0 Å². The fraction of sp³-hybridized carbons (Fsp3) is 0.217. The normalized spacial score (nSPS) is 10.7. The predicted molar refractivity (Wildman–Crippen MR) is 114 cm³/mol. The number of para-hydroxylation sites is 1. The molecule has 0 saturated heterocycles. The lowest BCUT2D eigenvalue weighted by atomic mass is 10.1. The van der Waals surface area contributed by atoms with Crippen LogP contribution in [-0.4, -0.2) is 7.11 Å². The molecule has 0 atom stereocenters. The summed E-state index contributed by atoms with van der Waals surface area (Å²) in [6, 6.07) is 20.0. The quantitative estimate of drug-likeness (QED) is 0.550. The number of halogens is 2. The standard InChI is InChI=1S/C23H23Cl2NO2/c1-16-6-8-17(9-7-16)13-26-14-18-4-3-5-22(27-2)23(18)28-15-19-10-11-20(24)12-21(19)25/h3-12,26H,13-15H2,1-2H3/p+1. The van der Waals surface area contributed by atoms with E-state index >= 15 is 0 Å². The number of quaternary nitrogens is 1. The van der Waals surface area contributed by atoms with Crippen LogP contribution in [0.15, 0.2) is 60.7 Å². The van der Waals surface area contributed by atoms with Gasteiger partial charge >= 0.3 is 0 Å². The summed E-state index contributed by atoms with van der Waals surface area (Å²) in [5.74, 6) is 1.46. The molecule has 28 heavy (non-hydrogen) atoms. The summed E-state index contributed by atoms with van der Waals surface area (Å²) >= 11 is 12.2. The molecule has 0 spiro atoms. The smallest absolute Gasteiger partial charge is 0.170 e. The van der Waals surface area contributed by atoms with Gasteiger partial charge in [-0.05, 0) is 31.2 Å². The summed E-state index contributed by atoms with van der Waals surface area (Å²) in [4.78, 5) is 0. The molecule has 0 amide bonds. The Kier molecular flexibility index (Phi) is 7.21. The van der Waals surface area contributed by atoms with Crippen molar-refractivity contribution in [3.63, 3.8) is 0 Å². The number of ether oxygens (including phenoxy) is 2. The van der Waals surface area contributed by atoms with E-state index in [0.717, 1.165) is 30.0 Å². The maximum atomic E-state index is 6.27. The molecular weight excluding hydrogens is 393 g/mol. The van der Waals surface area contributed by atoms with Crippen molar-refractivity contribution in [3.05, 3.63) is 93.0 Å². The van der Waals surface area contributed by atoms with Gasteiger partial charge in [0.15, 0.2) is 11.5 Å². The highest BCUT2D eigenvalue weighted by molar-refractivity contribution is 6.35. The summed E-state index contributed by atoms with van der Waals surface area (Å²) in [6.07, 6.45) is 0. The Hall–Kier alpha value is -2.20. The molecule has 3 rings (SSSR count). The second kappa shape index (κ2) is 9.83. The summed E-state index contributed by atoms with van der Waals surface area (Å²) in [6.45, 7) is 4.14. The predicted octanol–water partition coefficient (Wildman–Crippen LogP) is 5.15. The lowest BCUT2D eigenvalue weighted by Crippen LogP contribution is -2.80. The Morgan fingerprint density at radius 2 is 1.68 bits per heavy atom. The summed E-state index contributed by atoms with van der Waals surface area (Å²) < 4.78 is 11.6. The molecule has 146 valence electrons. The second-order valence-electron chi connectivity index (χ2n) is 6.66. The highest BCUT2D eigenvalue weighted by Crippen LogP contribution is 2.32. The zero-order valence-electron chi connectivity index (χ0n) is 16.0. The number of aryl methyl sites for hydroxylation is 1. The number of nitrogens with two attached hydrogens (primary N) is 1. The molecule has 2 N–H and O–H groups in total. The van der Waals surface area contributed by atoms with Crippen LogP contribution >= 0.6 is 23.2 Å². The van der Waals surface area contributed by atoms with Crippen molar-refractivity contribution in [2.75, 3.05) is 7.11 Å². The molecule has 0 radical (unpaired) electrons. The van der Waals surface area contributed by atoms with Crippen molar-refractivity contribution in [1.82, 2.24) is 0 Å². The van der Waals surface area contributed by atoms with E-state index in [4.69, 9.17) is 32.7 Å². The van der Waals surface area contributed by atoms with Crippen LogP contribution in [0, 0.1) is 6.92 Å². The molecule has 3 aromatic carbocycles. The molecule has 0 aliphatic carbocycles. The van der Waals surface area contributed by atoms with Crippen molar-refractivity contribution in [2.45, 2.75) is 26.6 Å². The fourth-order valence-corrected chi connectivity index (χ4v) is 3.42. The Morgan fingerprint density at radius 3 is 2.39 bits per heavy atom. The maximum Gasteiger partial charge on any atom is 0.170 e. The van der Waals surface area contributed by atoms with Crippen LogP contribution in [0.4, 0.5) is 0 Å². The second-order valence-corrected chi connectivity index (χ2v) is 7.50. The molecule has 0 fully saturated rings.